The largest absolute Gasteiger partial charge is 0.497 e. The quantitative estimate of drug-likeness (QED) is 0.704. The van der Waals surface area contributed by atoms with E-state index in [1.54, 1.807) is 18.2 Å². The van der Waals surface area contributed by atoms with Gasteiger partial charge in [-0.25, -0.2) is 4.79 Å². The highest BCUT2D eigenvalue weighted by Crippen LogP contribution is 2.28. The lowest BCUT2D eigenvalue weighted by Crippen LogP contribution is -2.03. The Hall–Kier alpha value is -1.55. The Morgan fingerprint density at radius 1 is 1.64 bits per heavy atom. The maximum atomic E-state index is 10.9. The molecule has 1 aliphatic heterocycles. The number of methoxy groups -OCH3 is 1. The maximum absolute atomic E-state index is 10.9. The molecule has 0 saturated carbocycles. The van der Waals surface area contributed by atoms with Crippen molar-refractivity contribution in [3.63, 3.8) is 0 Å². The van der Waals surface area contributed by atoms with Crippen LogP contribution in [0.5, 0.6) is 5.75 Å². The van der Waals surface area contributed by atoms with Crippen LogP contribution in [0.15, 0.2) is 18.2 Å². The van der Waals surface area contributed by atoms with Gasteiger partial charge in [0.1, 0.15) is 5.75 Å². The highest BCUT2D eigenvalue weighted by Gasteiger charge is 2.27. The third kappa shape index (κ3) is 1.56. The number of nitrogens with one attached hydrogen (secondary N) is 1. The van der Waals surface area contributed by atoms with E-state index in [1.165, 1.54) is 7.11 Å². The molecule has 0 aliphatic carbocycles. The van der Waals surface area contributed by atoms with Crippen molar-refractivity contribution in [2.45, 2.75) is 6.04 Å². The van der Waals surface area contributed by atoms with Crippen LogP contribution in [0, 0.1) is 0 Å². The number of hydrogen-bond acceptors (Lipinski definition) is 3. The van der Waals surface area contributed by atoms with Crippen LogP contribution in [-0.2, 0) is 0 Å². The van der Waals surface area contributed by atoms with E-state index in [2.05, 4.69) is 5.32 Å². The van der Waals surface area contributed by atoms with Gasteiger partial charge in [-0.05, 0) is 17.7 Å². The van der Waals surface area contributed by atoms with E-state index < -0.39 is 5.97 Å². The molecule has 1 atom stereocenters. The van der Waals surface area contributed by atoms with Gasteiger partial charge in [0.25, 0.3) is 0 Å². The van der Waals surface area contributed by atoms with Crippen molar-refractivity contribution < 1.29 is 14.6 Å². The zero-order valence-electron chi connectivity index (χ0n) is 7.78. The van der Waals surface area contributed by atoms with Gasteiger partial charge < -0.3 is 15.2 Å². The third-order valence-corrected chi connectivity index (χ3v) is 2.27. The molecule has 4 nitrogen and oxygen atoms in total. The third-order valence-electron chi connectivity index (χ3n) is 2.27. The molecule has 4 heteroatoms. The van der Waals surface area contributed by atoms with Crippen LogP contribution in [0.25, 0.3) is 0 Å². The number of ether oxygens (including phenoxy) is 1. The van der Waals surface area contributed by atoms with Crippen LogP contribution in [0.4, 0.5) is 0 Å². The normalized spacial score (nSPS) is 19.1. The molecule has 74 valence electrons. The van der Waals surface area contributed by atoms with Gasteiger partial charge in [-0.3, -0.25) is 0 Å². The standard InChI is InChI=1S/C10H11NO3/c1-14-6-2-3-7(9-5-11-9)8(4-6)10(12)13/h2-4,9,11H,5H2,1H3,(H,12,13)/t9-/m1/s1. The number of aromatic carboxylic acids is 1. The summed E-state index contributed by atoms with van der Waals surface area (Å²) in [6, 6.07) is 5.33. The van der Waals surface area contributed by atoms with Gasteiger partial charge in [-0.1, -0.05) is 6.07 Å². The fourth-order valence-electron chi connectivity index (χ4n) is 1.43. The molecule has 0 unspecified atom stereocenters. The molecule has 0 aromatic heterocycles. The summed E-state index contributed by atoms with van der Waals surface area (Å²) < 4.78 is 4.98. The van der Waals surface area contributed by atoms with Crippen LogP contribution in [0.1, 0.15) is 22.0 Å². The van der Waals surface area contributed by atoms with Gasteiger partial charge in [-0.15, -0.1) is 0 Å². The van der Waals surface area contributed by atoms with Gasteiger partial charge in [0, 0.05) is 12.6 Å². The SMILES string of the molecule is COc1ccc([C@H]2CN2)c(C(=O)O)c1. The van der Waals surface area contributed by atoms with Crippen molar-refractivity contribution in [3.05, 3.63) is 29.3 Å². The first-order valence-electron chi connectivity index (χ1n) is 4.37. The van der Waals surface area contributed by atoms with E-state index in [9.17, 15) is 4.79 Å². The van der Waals surface area contributed by atoms with Crippen molar-refractivity contribution in [2.75, 3.05) is 13.7 Å². The molecular formula is C10H11NO3. The zero-order valence-corrected chi connectivity index (χ0v) is 7.78. The Labute approximate surface area is 81.5 Å². The Balaban J connectivity index is 2.43. The minimum atomic E-state index is -0.910. The highest BCUT2D eigenvalue weighted by atomic mass is 16.5. The van der Waals surface area contributed by atoms with Gasteiger partial charge in [0.2, 0.25) is 0 Å². The average Bonchev–Trinajstić information content (AvgIpc) is 3.00. The Kier molecular flexibility index (Phi) is 2.13. The van der Waals surface area contributed by atoms with Crippen LogP contribution >= 0.6 is 0 Å². The molecular weight excluding hydrogens is 182 g/mol. The van der Waals surface area contributed by atoms with Gasteiger partial charge in [0.05, 0.1) is 12.7 Å². The number of carboxylic acids is 1. The summed E-state index contributed by atoms with van der Waals surface area (Å²) in [5.41, 5.74) is 1.15. The molecule has 0 spiro atoms. The van der Waals surface area contributed by atoms with E-state index in [4.69, 9.17) is 9.84 Å². The van der Waals surface area contributed by atoms with E-state index in [0.717, 1.165) is 12.1 Å². The Morgan fingerprint density at radius 2 is 2.36 bits per heavy atom. The smallest absolute Gasteiger partial charge is 0.336 e. The molecule has 1 aromatic rings. The molecule has 1 saturated heterocycles. The number of rotatable bonds is 3. The van der Waals surface area contributed by atoms with Crippen molar-refractivity contribution in [1.82, 2.24) is 5.32 Å². The molecule has 1 fully saturated rings. The molecule has 1 aromatic carbocycles. The first kappa shape index (κ1) is 9.02. The van der Waals surface area contributed by atoms with Crippen molar-refractivity contribution >= 4 is 5.97 Å². The molecule has 14 heavy (non-hydrogen) atoms. The maximum Gasteiger partial charge on any atom is 0.336 e. The minimum absolute atomic E-state index is 0.201. The molecule has 1 heterocycles. The fourth-order valence-corrected chi connectivity index (χ4v) is 1.43. The predicted molar refractivity (Wildman–Crippen MR) is 50.7 cm³/mol. The Bertz CT molecular complexity index is 372. The van der Waals surface area contributed by atoms with Crippen LogP contribution in [0.3, 0.4) is 0 Å². The van der Waals surface area contributed by atoms with Crippen molar-refractivity contribution in [3.8, 4) is 5.75 Å². The number of carboxylic acid groups (broad SMARTS) is 1. The molecule has 0 bridgehead atoms. The minimum Gasteiger partial charge on any atom is -0.497 e. The summed E-state index contributed by atoms with van der Waals surface area (Å²) in [4.78, 5) is 10.9. The predicted octanol–water partition coefficient (Wildman–Crippen LogP) is 1.04. The molecule has 1 aliphatic rings. The summed E-state index contributed by atoms with van der Waals surface area (Å²) in [7, 11) is 1.52. The summed E-state index contributed by atoms with van der Waals surface area (Å²) in [6.45, 7) is 0.854. The molecule has 2 rings (SSSR count). The van der Waals surface area contributed by atoms with Crippen LogP contribution in [-0.4, -0.2) is 24.7 Å². The fraction of sp³-hybridized carbons (Fsp3) is 0.300. The molecule has 2 N–H and O–H groups in total. The number of carbonyl (C=O) groups is 1. The molecule has 0 amide bonds. The first-order chi connectivity index (χ1) is 6.72. The molecule has 0 radical (unpaired) electrons. The van der Waals surface area contributed by atoms with E-state index in [0.29, 0.717) is 11.3 Å². The van der Waals surface area contributed by atoms with E-state index in [-0.39, 0.29) is 6.04 Å². The van der Waals surface area contributed by atoms with Crippen molar-refractivity contribution in [1.29, 1.82) is 0 Å². The highest BCUT2D eigenvalue weighted by molar-refractivity contribution is 5.90. The second-order valence-corrected chi connectivity index (χ2v) is 3.22. The van der Waals surface area contributed by atoms with Gasteiger partial charge in [0.15, 0.2) is 0 Å². The summed E-state index contributed by atoms with van der Waals surface area (Å²) in [5, 5.41) is 12.1. The second-order valence-electron chi connectivity index (χ2n) is 3.22. The number of hydrogen-bond donors (Lipinski definition) is 2. The summed E-state index contributed by atoms with van der Waals surface area (Å²) in [6.07, 6.45) is 0. The zero-order chi connectivity index (χ0) is 10.1. The lowest BCUT2D eigenvalue weighted by molar-refractivity contribution is 0.0695. The first-order valence-corrected chi connectivity index (χ1v) is 4.37. The second kappa shape index (κ2) is 3.31. The van der Waals surface area contributed by atoms with E-state index in [1.807, 2.05) is 0 Å². The van der Waals surface area contributed by atoms with Crippen LogP contribution < -0.4 is 10.1 Å². The summed E-state index contributed by atoms with van der Waals surface area (Å²) in [5.74, 6) is -0.334. The average molecular weight is 193 g/mol. The lowest BCUT2D eigenvalue weighted by Gasteiger charge is -2.06. The monoisotopic (exact) mass is 193 g/mol. The summed E-state index contributed by atoms with van der Waals surface area (Å²) >= 11 is 0. The lowest BCUT2D eigenvalue weighted by atomic mass is 10.0. The van der Waals surface area contributed by atoms with Gasteiger partial charge >= 0.3 is 5.97 Å². The van der Waals surface area contributed by atoms with E-state index >= 15 is 0 Å². The van der Waals surface area contributed by atoms with Crippen molar-refractivity contribution in [2.24, 2.45) is 0 Å². The topological polar surface area (TPSA) is 68.5 Å². The van der Waals surface area contributed by atoms with Crippen LogP contribution in [0.2, 0.25) is 0 Å². The Morgan fingerprint density at radius 3 is 2.86 bits per heavy atom. The number of benzene rings is 1. The van der Waals surface area contributed by atoms with Gasteiger partial charge in [-0.2, -0.15) is 0 Å².